The second-order valence-corrected chi connectivity index (χ2v) is 4.32. The van der Waals surface area contributed by atoms with Gasteiger partial charge in [0, 0.05) is 0 Å². The maximum atomic E-state index is 11.8. The van der Waals surface area contributed by atoms with Gasteiger partial charge in [-0.2, -0.15) is 0 Å². The zero-order valence-electron chi connectivity index (χ0n) is 8.70. The van der Waals surface area contributed by atoms with E-state index in [1.165, 1.54) is 4.90 Å². The first-order chi connectivity index (χ1) is 8.27. The fourth-order valence-corrected chi connectivity index (χ4v) is 2.82. The first kappa shape index (κ1) is 9.77. The average Bonchev–Trinajstić information content (AvgIpc) is 2.98. The van der Waals surface area contributed by atoms with E-state index >= 15 is 0 Å². The Morgan fingerprint density at radius 2 is 1.71 bits per heavy atom. The highest BCUT2D eigenvalue weighted by molar-refractivity contribution is 6.37. The molecule has 0 unspecified atom stereocenters. The Labute approximate surface area is 95.7 Å². The molecule has 4 aliphatic rings. The average molecular weight is 242 g/mol. The van der Waals surface area contributed by atoms with Crippen LogP contribution in [0.5, 0.6) is 0 Å². The molecule has 0 aromatic heterocycles. The molecule has 5 atom stereocenters. The highest BCUT2D eigenvalue weighted by atomic mass is 16.8. The third-order valence-electron chi connectivity index (χ3n) is 3.54. The molecule has 0 radical (unpaired) electrons. The van der Waals surface area contributed by atoms with Crippen LogP contribution in [0.1, 0.15) is 0 Å². The molecule has 4 fully saturated rings. The maximum absolute atomic E-state index is 11.8. The van der Waals surface area contributed by atoms with Crippen molar-refractivity contribution in [3.8, 4) is 0 Å². The van der Waals surface area contributed by atoms with E-state index in [2.05, 4.69) is 5.32 Å². The minimum Gasteiger partial charge on any atom is -0.346 e. The molecule has 4 rings (SSSR count). The smallest absolute Gasteiger partial charge is 0.315 e. The third-order valence-corrected chi connectivity index (χ3v) is 3.54. The lowest BCUT2D eigenvalue weighted by atomic mass is 9.98. The van der Waals surface area contributed by atoms with Crippen LogP contribution in [0.3, 0.4) is 0 Å². The molecule has 4 aliphatic heterocycles. The van der Waals surface area contributed by atoms with Gasteiger partial charge in [0.15, 0.2) is 6.23 Å². The highest BCUT2D eigenvalue weighted by Gasteiger charge is 2.61. The lowest BCUT2D eigenvalue weighted by Crippen LogP contribution is -2.65. The van der Waals surface area contributed by atoms with Gasteiger partial charge in [-0.1, -0.05) is 0 Å². The molecule has 0 saturated carbocycles. The van der Waals surface area contributed by atoms with Gasteiger partial charge < -0.3 is 24.3 Å². The maximum Gasteiger partial charge on any atom is 0.315 e. The summed E-state index contributed by atoms with van der Waals surface area (Å²) >= 11 is 0. The number of nitrogens with zero attached hydrogens (tertiary/aromatic N) is 1. The van der Waals surface area contributed by atoms with Gasteiger partial charge in [0.1, 0.15) is 38.1 Å². The van der Waals surface area contributed by atoms with Crippen LogP contribution in [0.4, 0.5) is 0 Å². The van der Waals surface area contributed by atoms with Crippen molar-refractivity contribution >= 4 is 11.8 Å². The second-order valence-electron chi connectivity index (χ2n) is 4.32. The Balaban J connectivity index is 1.76. The van der Waals surface area contributed by atoms with E-state index in [9.17, 15) is 9.59 Å². The van der Waals surface area contributed by atoms with E-state index in [4.69, 9.17) is 18.9 Å². The highest BCUT2D eigenvalue weighted by Crippen LogP contribution is 2.37. The number of amides is 2. The Hall–Kier alpha value is -1.22. The van der Waals surface area contributed by atoms with E-state index in [0.717, 1.165) is 0 Å². The Bertz CT molecular complexity index is 401. The van der Waals surface area contributed by atoms with Crippen molar-refractivity contribution in [2.24, 2.45) is 0 Å². The summed E-state index contributed by atoms with van der Waals surface area (Å²) < 4.78 is 21.6. The topological polar surface area (TPSA) is 86.3 Å². The molecule has 0 aromatic carbocycles. The number of rotatable bonds is 0. The molecule has 17 heavy (non-hydrogen) atoms. The van der Waals surface area contributed by atoms with Gasteiger partial charge in [-0.15, -0.1) is 0 Å². The van der Waals surface area contributed by atoms with Crippen LogP contribution in [0.15, 0.2) is 0 Å². The van der Waals surface area contributed by atoms with E-state index in [1.54, 1.807) is 0 Å². The number of nitrogens with one attached hydrogen (secondary N) is 1. The molecule has 2 amide bonds. The van der Waals surface area contributed by atoms with Crippen LogP contribution in [0.2, 0.25) is 0 Å². The summed E-state index contributed by atoms with van der Waals surface area (Å²) in [5, 5.41) is 2.59. The summed E-state index contributed by atoms with van der Waals surface area (Å²) in [6.07, 6.45) is -2.20. The lowest BCUT2D eigenvalue weighted by Gasteiger charge is -2.41. The summed E-state index contributed by atoms with van der Waals surface area (Å²) in [6, 6.07) is 0. The van der Waals surface area contributed by atoms with Gasteiger partial charge in [-0.05, 0) is 0 Å². The van der Waals surface area contributed by atoms with Crippen molar-refractivity contribution in [1.82, 2.24) is 10.2 Å². The Morgan fingerprint density at radius 1 is 1.00 bits per heavy atom. The molecular weight excluding hydrogens is 232 g/mol. The number of ether oxygens (including phenoxy) is 4. The van der Waals surface area contributed by atoms with Gasteiger partial charge in [-0.25, -0.2) is 0 Å². The minimum absolute atomic E-state index is 0.0899. The molecule has 8 heteroatoms. The molecule has 92 valence electrons. The second kappa shape index (κ2) is 3.16. The number of hydrogen-bond acceptors (Lipinski definition) is 6. The summed E-state index contributed by atoms with van der Waals surface area (Å²) in [4.78, 5) is 24.5. The first-order valence-corrected chi connectivity index (χ1v) is 5.37. The van der Waals surface area contributed by atoms with Crippen molar-refractivity contribution in [3.63, 3.8) is 0 Å². The number of fused-ring (bicyclic) bond motifs is 6. The van der Waals surface area contributed by atoms with Crippen LogP contribution < -0.4 is 5.32 Å². The molecule has 4 saturated heterocycles. The molecule has 1 N–H and O–H groups in total. The molecule has 0 spiro atoms. The van der Waals surface area contributed by atoms with Gasteiger partial charge >= 0.3 is 11.8 Å². The summed E-state index contributed by atoms with van der Waals surface area (Å²) in [5.41, 5.74) is 0. The van der Waals surface area contributed by atoms with E-state index in [0.29, 0.717) is 0 Å². The quantitative estimate of drug-likeness (QED) is 0.482. The molecule has 4 heterocycles. The summed E-state index contributed by atoms with van der Waals surface area (Å²) in [5.74, 6) is -1.25. The third kappa shape index (κ3) is 1.10. The summed E-state index contributed by atoms with van der Waals surface area (Å²) in [7, 11) is 0. The van der Waals surface area contributed by atoms with Gasteiger partial charge in [0.05, 0.1) is 0 Å². The first-order valence-electron chi connectivity index (χ1n) is 5.37. The predicted molar refractivity (Wildman–Crippen MR) is 48.0 cm³/mol. The Morgan fingerprint density at radius 3 is 2.59 bits per heavy atom. The van der Waals surface area contributed by atoms with Crippen LogP contribution in [0.25, 0.3) is 0 Å². The standard InChI is InChI=1S/C9H10N2O6/c12-7-8(13)11-6(10-7)4-3(14-1-15-4)5-9(11)17-2-16-5/h3-6,9H,1-2H2,(H,10,12)/t3-,4+,5+,6+,9-/m1/s1. The normalized spacial score (nSPS) is 47.8. The molecule has 0 aliphatic carbocycles. The zero-order valence-corrected chi connectivity index (χ0v) is 8.70. The predicted octanol–water partition coefficient (Wildman–Crippen LogP) is -2.27. The van der Waals surface area contributed by atoms with Crippen LogP contribution >= 0.6 is 0 Å². The summed E-state index contributed by atoms with van der Waals surface area (Å²) in [6.45, 7) is 0.225. The van der Waals surface area contributed by atoms with Crippen LogP contribution in [-0.2, 0) is 28.5 Å². The number of hydrogen-bond donors (Lipinski definition) is 1. The van der Waals surface area contributed by atoms with E-state index in [1.807, 2.05) is 0 Å². The number of piperidine rings is 1. The SMILES string of the molecule is O=C1N[C@@H]2[C@H]3OCO[C@H]3[C@@H]3OCO[C@H]3N2C1=O. The number of carbonyl (C=O) groups is 2. The van der Waals surface area contributed by atoms with Crippen molar-refractivity contribution in [2.45, 2.75) is 30.7 Å². The van der Waals surface area contributed by atoms with Crippen molar-refractivity contribution in [3.05, 3.63) is 0 Å². The molecular formula is C9H10N2O6. The van der Waals surface area contributed by atoms with Gasteiger partial charge in [-0.3, -0.25) is 14.5 Å². The van der Waals surface area contributed by atoms with Crippen LogP contribution in [0, 0.1) is 0 Å². The molecule has 0 bridgehead atoms. The zero-order chi connectivity index (χ0) is 11.6. The fourth-order valence-electron chi connectivity index (χ4n) is 2.82. The van der Waals surface area contributed by atoms with E-state index < -0.39 is 36.4 Å². The van der Waals surface area contributed by atoms with Gasteiger partial charge in [0.2, 0.25) is 0 Å². The molecule has 8 nitrogen and oxygen atoms in total. The number of carbonyl (C=O) groups excluding carboxylic acids is 2. The van der Waals surface area contributed by atoms with Crippen LogP contribution in [-0.4, -0.2) is 61.0 Å². The Kier molecular flexibility index (Phi) is 1.82. The lowest BCUT2D eigenvalue weighted by molar-refractivity contribution is -0.160. The molecule has 0 aromatic rings. The van der Waals surface area contributed by atoms with Crippen molar-refractivity contribution in [2.75, 3.05) is 13.6 Å². The largest absolute Gasteiger partial charge is 0.346 e. The minimum atomic E-state index is -0.639. The van der Waals surface area contributed by atoms with E-state index in [-0.39, 0.29) is 19.7 Å². The van der Waals surface area contributed by atoms with Gasteiger partial charge in [0.25, 0.3) is 0 Å². The van der Waals surface area contributed by atoms with Crippen molar-refractivity contribution < 1.29 is 28.5 Å². The fraction of sp³-hybridized carbons (Fsp3) is 0.778. The monoisotopic (exact) mass is 242 g/mol. The van der Waals surface area contributed by atoms with Crippen molar-refractivity contribution in [1.29, 1.82) is 0 Å².